The van der Waals surface area contributed by atoms with Crippen LogP contribution < -0.4 is 10.6 Å². The number of nitrogens with zero attached hydrogens (tertiary/aromatic N) is 3. The van der Waals surface area contributed by atoms with E-state index in [-0.39, 0.29) is 5.91 Å². The topological polar surface area (TPSA) is 79.4 Å². The molecule has 0 bridgehead atoms. The molecule has 0 spiro atoms. The lowest BCUT2D eigenvalue weighted by molar-refractivity contribution is 0.0398. The number of nitrogens with one attached hydrogen (secondary N) is 2. The molecule has 0 atom stereocenters. The van der Waals surface area contributed by atoms with Gasteiger partial charge < -0.3 is 15.4 Å². The summed E-state index contributed by atoms with van der Waals surface area (Å²) in [5.74, 6) is 0.914. The number of hydrogen-bond donors (Lipinski definition) is 2. The first kappa shape index (κ1) is 17.6. The van der Waals surface area contributed by atoms with E-state index in [4.69, 9.17) is 4.74 Å². The van der Waals surface area contributed by atoms with Crippen molar-refractivity contribution >= 4 is 11.9 Å². The van der Waals surface area contributed by atoms with Gasteiger partial charge in [-0.15, -0.1) is 0 Å². The normalized spacial score (nSPS) is 15.6. The fourth-order valence-corrected chi connectivity index (χ4v) is 2.29. The molecule has 1 aromatic heterocycles. The minimum absolute atomic E-state index is 0.149. The highest BCUT2D eigenvalue weighted by molar-refractivity contribution is 5.92. The molecule has 1 saturated heterocycles. The molecule has 2 heterocycles. The number of ether oxygens (including phenoxy) is 1. The number of rotatable bonds is 8. The van der Waals surface area contributed by atoms with Crippen LogP contribution in [-0.2, 0) is 4.74 Å². The van der Waals surface area contributed by atoms with E-state index in [1.807, 2.05) is 0 Å². The number of amides is 1. The van der Waals surface area contributed by atoms with Crippen LogP contribution in [0.5, 0.6) is 0 Å². The van der Waals surface area contributed by atoms with Crippen LogP contribution in [0.2, 0.25) is 0 Å². The molecule has 128 valence electrons. The first-order valence-electron chi connectivity index (χ1n) is 8.30. The molecule has 1 aliphatic rings. The lowest BCUT2D eigenvalue weighted by Gasteiger charge is -2.26. The molecule has 0 saturated carbocycles. The van der Waals surface area contributed by atoms with Gasteiger partial charge in [0.25, 0.3) is 5.91 Å². The summed E-state index contributed by atoms with van der Waals surface area (Å²) < 4.78 is 5.32. The summed E-state index contributed by atoms with van der Waals surface area (Å²) in [7, 11) is 0. The van der Waals surface area contributed by atoms with Crippen LogP contribution >= 0.6 is 0 Å². The van der Waals surface area contributed by atoms with Gasteiger partial charge in [0.1, 0.15) is 5.69 Å². The Morgan fingerprint density at radius 2 is 2.13 bits per heavy atom. The fraction of sp³-hybridized carbons (Fsp3) is 0.688. The van der Waals surface area contributed by atoms with Gasteiger partial charge in [-0.3, -0.25) is 9.69 Å². The largest absolute Gasteiger partial charge is 0.379 e. The minimum atomic E-state index is -0.149. The van der Waals surface area contributed by atoms with Crippen molar-refractivity contribution in [1.29, 1.82) is 0 Å². The van der Waals surface area contributed by atoms with E-state index in [0.717, 1.165) is 45.8 Å². The average Bonchev–Trinajstić information content (AvgIpc) is 2.56. The number of carbonyl (C=O) groups excluding carboxylic acids is 1. The average molecular weight is 321 g/mol. The highest BCUT2D eigenvalue weighted by Gasteiger charge is 2.11. The number of aromatic nitrogens is 2. The molecule has 23 heavy (non-hydrogen) atoms. The second-order valence-electron chi connectivity index (χ2n) is 6.08. The minimum Gasteiger partial charge on any atom is -0.379 e. The zero-order valence-corrected chi connectivity index (χ0v) is 14.0. The Kier molecular flexibility index (Phi) is 7.22. The molecule has 0 radical (unpaired) electrons. The molecular weight excluding hydrogens is 294 g/mol. The zero-order chi connectivity index (χ0) is 16.5. The number of morpholine rings is 1. The highest BCUT2D eigenvalue weighted by Crippen LogP contribution is 2.02. The molecule has 1 fully saturated rings. The maximum Gasteiger partial charge on any atom is 0.270 e. The van der Waals surface area contributed by atoms with Gasteiger partial charge in [-0.05, 0) is 18.4 Å². The summed E-state index contributed by atoms with van der Waals surface area (Å²) in [6, 6.07) is 1.64. The van der Waals surface area contributed by atoms with E-state index in [1.165, 1.54) is 0 Å². The van der Waals surface area contributed by atoms with Crippen molar-refractivity contribution in [2.45, 2.75) is 20.3 Å². The molecule has 2 N–H and O–H groups in total. The molecule has 2 rings (SSSR count). The van der Waals surface area contributed by atoms with E-state index < -0.39 is 0 Å². The summed E-state index contributed by atoms with van der Waals surface area (Å²) in [4.78, 5) is 22.8. The van der Waals surface area contributed by atoms with Crippen molar-refractivity contribution in [3.8, 4) is 0 Å². The number of hydrogen-bond acceptors (Lipinski definition) is 6. The molecule has 1 amide bonds. The van der Waals surface area contributed by atoms with Crippen molar-refractivity contribution in [2.75, 3.05) is 51.3 Å². The summed E-state index contributed by atoms with van der Waals surface area (Å²) in [6.07, 6.45) is 2.57. The van der Waals surface area contributed by atoms with Crippen LogP contribution in [0.1, 0.15) is 30.8 Å². The molecule has 1 aliphatic heterocycles. The van der Waals surface area contributed by atoms with E-state index in [1.54, 1.807) is 12.3 Å². The van der Waals surface area contributed by atoms with Crippen LogP contribution in [0, 0.1) is 5.92 Å². The number of carbonyl (C=O) groups is 1. The van der Waals surface area contributed by atoms with Crippen LogP contribution in [0.3, 0.4) is 0 Å². The van der Waals surface area contributed by atoms with Gasteiger partial charge in [-0.1, -0.05) is 13.8 Å². The first-order valence-corrected chi connectivity index (χ1v) is 8.30. The SMILES string of the molecule is CC(C)CCNC(=O)c1ccnc(NCCN2CCOCC2)n1. The van der Waals surface area contributed by atoms with Gasteiger partial charge in [0.05, 0.1) is 13.2 Å². The Bertz CT molecular complexity index is 489. The van der Waals surface area contributed by atoms with E-state index in [0.29, 0.717) is 24.1 Å². The van der Waals surface area contributed by atoms with E-state index in [9.17, 15) is 4.79 Å². The van der Waals surface area contributed by atoms with Gasteiger partial charge in [0.15, 0.2) is 0 Å². The highest BCUT2D eigenvalue weighted by atomic mass is 16.5. The van der Waals surface area contributed by atoms with Gasteiger partial charge in [-0.2, -0.15) is 0 Å². The Labute approximate surface area is 137 Å². The summed E-state index contributed by atoms with van der Waals surface area (Å²) in [5, 5.41) is 6.06. The zero-order valence-electron chi connectivity index (χ0n) is 14.0. The van der Waals surface area contributed by atoms with Gasteiger partial charge >= 0.3 is 0 Å². The summed E-state index contributed by atoms with van der Waals surface area (Å²) >= 11 is 0. The predicted molar refractivity (Wildman–Crippen MR) is 89.6 cm³/mol. The molecule has 0 unspecified atom stereocenters. The quantitative estimate of drug-likeness (QED) is 0.743. The monoisotopic (exact) mass is 321 g/mol. The third-order valence-corrected chi connectivity index (χ3v) is 3.71. The van der Waals surface area contributed by atoms with Gasteiger partial charge in [0.2, 0.25) is 5.95 Å². The fourth-order valence-electron chi connectivity index (χ4n) is 2.29. The van der Waals surface area contributed by atoms with Crippen molar-refractivity contribution in [3.63, 3.8) is 0 Å². The van der Waals surface area contributed by atoms with Crippen LogP contribution in [0.15, 0.2) is 12.3 Å². The lowest BCUT2D eigenvalue weighted by Crippen LogP contribution is -2.39. The molecular formula is C16H27N5O2. The Morgan fingerprint density at radius 3 is 2.87 bits per heavy atom. The summed E-state index contributed by atoms with van der Waals surface area (Å²) in [6.45, 7) is 10.1. The van der Waals surface area contributed by atoms with Crippen LogP contribution in [-0.4, -0.2) is 66.7 Å². The van der Waals surface area contributed by atoms with Crippen molar-refractivity contribution in [1.82, 2.24) is 20.2 Å². The van der Waals surface area contributed by atoms with E-state index >= 15 is 0 Å². The van der Waals surface area contributed by atoms with E-state index in [2.05, 4.69) is 39.3 Å². The van der Waals surface area contributed by atoms with Gasteiger partial charge in [0, 0.05) is 38.9 Å². The molecule has 1 aromatic rings. The molecule has 0 aromatic carbocycles. The third kappa shape index (κ3) is 6.50. The van der Waals surface area contributed by atoms with Crippen molar-refractivity contribution in [3.05, 3.63) is 18.0 Å². The van der Waals surface area contributed by atoms with Crippen molar-refractivity contribution in [2.24, 2.45) is 5.92 Å². The predicted octanol–water partition coefficient (Wildman–Crippen LogP) is 0.997. The Balaban J connectivity index is 1.75. The van der Waals surface area contributed by atoms with Crippen LogP contribution in [0.25, 0.3) is 0 Å². The van der Waals surface area contributed by atoms with Crippen LogP contribution in [0.4, 0.5) is 5.95 Å². The maximum absolute atomic E-state index is 12.0. The summed E-state index contributed by atoms with van der Waals surface area (Å²) in [5.41, 5.74) is 0.401. The smallest absolute Gasteiger partial charge is 0.270 e. The lowest BCUT2D eigenvalue weighted by atomic mass is 10.1. The maximum atomic E-state index is 12.0. The van der Waals surface area contributed by atoms with Gasteiger partial charge in [-0.25, -0.2) is 9.97 Å². The molecule has 7 nitrogen and oxygen atoms in total. The standard InChI is InChI=1S/C16H27N5O2/c1-13(2)3-5-17-15(22)14-4-6-18-16(20-14)19-7-8-21-9-11-23-12-10-21/h4,6,13H,3,5,7-12H2,1-2H3,(H,17,22)(H,18,19,20). The second kappa shape index (κ2) is 9.42. The second-order valence-corrected chi connectivity index (χ2v) is 6.08. The Hall–Kier alpha value is -1.73. The Morgan fingerprint density at radius 1 is 1.35 bits per heavy atom. The number of anilines is 1. The third-order valence-electron chi connectivity index (χ3n) is 3.71. The van der Waals surface area contributed by atoms with Crippen molar-refractivity contribution < 1.29 is 9.53 Å². The molecule has 0 aliphatic carbocycles. The first-order chi connectivity index (χ1) is 11.1. The molecule has 7 heteroatoms.